The molecule has 0 aliphatic heterocycles. The van der Waals surface area contributed by atoms with E-state index in [1.807, 2.05) is 0 Å². The summed E-state index contributed by atoms with van der Waals surface area (Å²) >= 11 is 0. The van der Waals surface area contributed by atoms with Crippen molar-refractivity contribution in [2.45, 2.75) is 13.0 Å². The highest BCUT2D eigenvalue weighted by molar-refractivity contribution is 6.13. The number of Topliss-reactive ketones (excluding diaryl/α,β-unsaturated/α-hetero) is 2. The fourth-order valence-corrected chi connectivity index (χ4v) is 1.39. The molecule has 1 unspecified atom stereocenters. The van der Waals surface area contributed by atoms with Crippen molar-refractivity contribution >= 4 is 17.5 Å². The van der Waals surface area contributed by atoms with Gasteiger partial charge in [-0.3, -0.25) is 19.7 Å². The predicted octanol–water partition coefficient (Wildman–Crippen LogP) is -0.0982. The van der Waals surface area contributed by atoms with Gasteiger partial charge in [0.05, 0.1) is 6.54 Å². The van der Waals surface area contributed by atoms with Crippen molar-refractivity contribution in [3.05, 3.63) is 35.9 Å². The second-order valence-electron chi connectivity index (χ2n) is 3.62. The monoisotopic (exact) mass is 234 g/mol. The smallest absolute Gasteiger partial charge is 0.231 e. The number of nitrogens with two attached hydrogens (primary N) is 1. The number of carbonyl (C=O) groups is 3. The highest BCUT2D eigenvalue weighted by atomic mass is 16.2. The molecule has 90 valence electrons. The zero-order valence-electron chi connectivity index (χ0n) is 9.47. The molecule has 0 spiro atoms. The van der Waals surface area contributed by atoms with E-state index in [-0.39, 0.29) is 18.1 Å². The molecule has 0 aliphatic rings. The first-order valence-corrected chi connectivity index (χ1v) is 5.13. The van der Waals surface area contributed by atoms with Crippen LogP contribution in [0.5, 0.6) is 0 Å². The SMILES string of the molecule is CC(=O)C(NCC(N)=O)C(=O)c1ccccc1. The van der Waals surface area contributed by atoms with Crippen molar-refractivity contribution in [3.8, 4) is 0 Å². The number of rotatable bonds is 6. The van der Waals surface area contributed by atoms with Gasteiger partial charge in [0.1, 0.15) is 6.04 Å². The molecule has 0 radical (unpaired) electrons. The molecule has 0 aliphatic carbocycles. The number of ketones is 2. The van der Waals surface area contributed by atoms with Crippen LogP contribution in [0, 0.1) is 0 Å². The number of hydrogen-bond acceptors (Lipinski definition) is 4. The Morgan fingerprint density at radius 3 is 2.29 bits per heavy atom. The number of carbonyl (C=O) groups excluding carboxylic acids is 3. The maximum atomic E-state index is 12.0. The van der Waals surface area contributed by atoms with Gasteiger partial charge in [0, 0.05) is 5.56 Å². The number of benzene rings is 1. The molecule has 1 amide bonds. The number of primary amides is 1. The van der Waals surface area contributed by atoms with Crippen molar-refractivity contribution in [2.24, 2.45) is 5.73 Å². The second-order valence-corrected chi connectivity index (χ2v) is 3.62. The van der Waals surface area contributed by atoms with Gasteiger partial charge in [-0.1, -0.05) is 30.3 Å². The molecule has 5 heteroatoms. The van der Waals surface area contributed by atoms with E-state index in [4.69, 9.17) is 5.73 Å². The average molecular weight is 234 g/mol. The van der Waals surface area contributed by atoms with Crippen LogP contribution in [0.4, 0.5) is 0 Å². The Kier molecular flexibility index (Phi) is 4.54. The van der Waals surface area contributed by atoms with E-state index >= 15 is 0 Å². The maximum absolute atomic E-state index is 12.0. The van der Waals surface area contributed by atoms with Gasteiger partial charge in [-0.15, -0.1) is 0 Å². The van der Waals surface area contributed by atoms with E-state index in [0.717, 1.165) is 0 Å². The summed E-state index contributed by atoms with van der Waals surface area (Å²) < 4.78 is 0. The Bertz CT molecular complexity index is 429. The minimum Gasteiger partial charge on any atom is -0.369 e. The van der Waals surface area contributed by atoms with Crippen molar-refractivity contribution in [2.75, 3.05) is 6.54 Å². The van der Waals surface area contributed by atoms with Crippen LogP contribution in [0.25, 0.3) is 0 Å². The summed E-state index contributed by atoms with van der Waals surface area (Å²) in [5.41, 5.74) is 5.38. The van der Waals surface area contributed by atoms with Crippen molar-refractivity contribution in [1.82, 2.24) is 5.32 Å². The Morgan fingerprint density at radius 1 is 1.24 bits per heavy atom. The van der Waals surface area contributed by atoms with E-state index in [9.17, 15) is 14.4 Å². The molecule has 0 saturated carbocycles. The average Bonchev–Trinajstić information content (AvgIpc) is 2.29. The first-order valence-electron chi connectivity index (χ1n) is 5.13. The first-order chi connectivity index (χ1) is 8.02. The Morgan fingerprint density at radius 2 is 1.82 bits per heavy atom. The van der Waals surface area contributed by atoms with Gasteiger partial charge in [-0.2, -0.15) is 0 Å². The lowest BCUT2D eigenvalue weighted by Gasteiger charge is -2.13. The molecular weight excluding hydrogens is 220 g/mol. The normalized spacial score (nSPS) is 11.8. The van der Waals surface area contributed by atoms with Crippen LogP contribution in [0.1, 0.15) is 17.3 Å². The molecule has 1 atom stereocenters. The minimum atomic E-state index is -1.02. The van der Waals surface area contributed by atoms with Crippen molar-refractivity contribution < 1.29 is 14.4 Å². The summed E-state index contributed by atoms with van der Waals surface area (Å²) in [6, 6.07) is 7.40. The van der Waals surface area contributed by atoms with Crippen LogP contribution in [0.15, 0.2) is 30.3 Å². The van der Waals surface area contributed by atoms with Crippen LogP contribution in [-0.2, 0) is 9.59 Å². The lowest BCUT2D eigenvalue weighted by Crippen LogP contribution is -2.45. The van der Waals surface area contributed by atoms with E-state index < -0.39 is 11.9 Å². The van der Waals surface area contributed by atoms with Crippen LogP contribution in [-0.4, -0.2) is 30.1 Å². The third kappa shape index (κ3) is 3.81. The zero-order chi connectivity index (χ0) is 12.8. The molecule has 0 heterocycles. The first kappa shape index (κ1) is 13.1. The summed E-state index contributed by atoms with van der Waals surface area (Å²) in [5, 5.41) is 2.54. The summed E-state index contributed by atoms with van der Waals surface area (Å²) in [6.07, 6.45) is 0. The molecule has 1 rings (SSSR count). The van der Waals surface area contributed by atoms with E-state index in [1.54, 1.807) is 30.3 Å². The van der Waals surface area contributed by atoms with Gasteiger partial charge in [0.2, 0.25) is 5.91 Å². The molecule has 1 aromatic carbocycles. The molecule has 0 saturated heterocycles. The maximum Gasteiger partial charge on any atom is 0.231 e. The van der Waals surface area contributed by atoms with Gasteiger partial charge in [-0.05, 0) is 6.92 Å². The highest BCUT2D eigenvalue weighted by Crippen LogP contribution is 2.04. The number of nitrogens with one attached hydrogen (secondary N) is 1. The summed E-state index contributed by atoms with van der Waals surface area (Å²) in [5.74, 6) is -1.32. The van der Waals surface area contributed by atoms with Crippen molar-refractivity contribution in [1.29, 1.82) is 0 Å². The zero-order valence-corrected chi connectivity index (χ0v) is 9.47. The Labute approximate surface area is 99.0 Å². The largest absolute Gasteiger partial charge is 0.369 e. The van der Waals surface area contributed by atoms with E-state index in [1.165, 1.54) is 6.92 Å². The molecule has 0 fully saturated rings. The fraction of sp³-hybridized carbons (Fsp3) is 0.250. The van der Waals surface area contributed by atoms with Gasteiger partial charge < -0.3 is 5.73 Å². The minimum absolute atomic E-state index is 0.206. The molecule has 1 aromatic rings. The number of amides is 1. The quantitative estimate of drug-likeness (QED) is 0.531. The molecule has 3 N–H and O–H groups in total. The topological polar surface area (TPSA) is 89.3 Å². The third-order valence-electron chi connectivity index (χ3n) is 2.21. The highest BCUT2D eigenvalue weighted by Gasteiger charge is 2.24. The Balaban J connectivity index is 2.81. The lowest BCUT2D eigenvalue weighted by molar-refractivity contribution is -0.118. The lowest BCUT2D eigenvalue weighted by atomic mass is 10.0. The Hall–Kier alpha value is -2.01. The predicted molar refractivity (Wildman–Crippen MR) is 62.4 cm³/mol. The second kappa shape index (κ2) is 5.91. The summed E-state index contributed by atoms with van der Waals surface area (Å²) in [6.45, 7) is 1.09. The van der Waals surface area contributed by atoms with Crippen LogP contribution in [0.2, 0.25) is 0 Å². The van der Waals surface area contributed by atoms with E-state index in [0.29, 0.717) is 5.56 Å². The molecule has 0 bridgehead atoms. The van der Waals surface area contributed by atoms with Crippen LogP contribution < -0.4 is 11.1 Å². The van der Waals surface area contributed by atoms with Gasteiger partial charge >= 0.3 is 0 Å². The molecule has 0 aromatic heterocycles. The third-order valence-corrected chi connectivity index (χ3v) is 2.21. The fourth-order valence-electron chi connectivity index (χ4n) is 1.39. The summed E-state index contributed by atoms with van der Waals surface area (Å²) in [4.78, 5) is 33.9. The molecule has 5 nitrogen and oxygen atoms in total. The van der Waals surface area contributed by atoms with Gasteiger partial charge in [0.15, 0.2) is 11.6 Å². The molecule has 17 heavy (non-hydrogen) atoms. The van der Waals surface area contributed by atoms with Crippen LogP contribution in [0.3, 0.4) is 0 Å². The number of hydrogen-bond donors (Lipinski definition) is 2. The van der Waals surface area contributed by atoms with Crippen molar-refractivity contribution in [3.63, 3.8) is 0 Å². The van der Waals surface area contributed by atoms with Gasteiger partial charge in [-0.25, -0.2) is 0 Å². The van der Waals surface area contributed by atoms with Gasteiger partial charge in [0.25, 0.3) is 0 Å². The summed E-state index contributed by atoms with van der Waals surface area (Å²) in [7, 11) is 0. The van der Waals surface area contributed by atoms with E-state index in [2.05, 4.69) is 5.32 Å². The molecular formula is C12H14N2O3. The standard InChI is InChI=1S/C12H14N2O3/c1-8(15)11(14-7-10(13)16)12(17)9-5-3-2-4-6-9/h2-6,11,14H,7H2,1H3,(H2,13,16). The van der Waals surface area contributed by atoms with Crippen LogP contribution >= 0.6 is 0 Å².